The molecule has 0 amide bonds. The van der Waals surface area contributed by atoms with Crippen LogP contribution in [0.15, 0.2) is 11.2 Å². The van der Waals surface area contributed by atoms with Crippen LogP contribution in [0.5, 0.6) is 0 Å². The average Bonchev–Trinajstić information content (AvgIpc) is 2.54. The lowest BCUT2D eigenvalue weighted by atomic mass is 10.1. The second kappa shape index (κ2) is 6.11. The van der Waals surface area contributed by atoms with Gasteiger partial charge in [-0.25, -0.2) is 13.1 Å². The van der Waals surface area contributed by atoms with Gasteiger partial charge in [0.1, 0.15) is 0 Å². The van der Waals surface area contributed by atoms with Crippen molar-refractivity contribution in [3.63, 3.8) is 0 Å². The molecule has 2 unspecified atom stereocenters. The van der Waals surface area contributed by atoms with Crippen LogP contribution in [0, 0.1) is 0 Å². The van der Waals surface area contributed by atoms with E-state index in [0.29, 0.717) is 0 Å². The summed E-state index contributed by atoms with van der Waals surface area (Å²) in [5.74, 6) is 0. The minimum absolute atomic E-state index is 0.0260. The van der Waals surface area contributed by atoms with Gasteiger partial charge in [0.2, 0.25) is 0 Å². The van der Waals surface area contributed by atoms with Gasteiger partial charge in [0.25, 0.3) is 10.0 Å². The number of nitrogens with zero attached hydrogens (tertiary/aromatic N) is 2. The number of hydrogen-bond acceptors (Lipinski definition) is 3. The molecule has 0 aliphatic heterocycles. The fraction of sp³-hybridized carbons (Fsp3) is 0.727. The van der Waals surface area contributed by atoms with Crippen molar-refractivity contribution in [3.05, 3.63) is 11.2 Å². The number of halogens is 2. The molecular formula is C11H17BrClN3O2S. The molecule has 1 aliphatic rings. The summed E-state index contributed by atoms with van der Waals surface area (Å²) in [7, 11) is -2.07. The van der Waals surface area contributed by atoms with Crippen molar-refractivity contribution in [3.8, 4) is 0 Å². The minimum Gasteiger partial charge on any atom is -0.255 e. The third kappa shape index (κ3) is 3.51. The molecule has 19 heavy (non-hydrogen) atoms. The summed E-state index contributed by atoms with van der Waals surface area (Å²) in [4.78, 5) is 0.164. The maximum Gasteiger partial charge on any atom is 0.259 e. The molecule has 1 heterocycles. The number of aromatic nitrogens is 2. The van der Waals surface area contributed by atoms with Gasteiger partial charge in [0.05, 0.1) is 11.2 Å². The first-order valence-electron chi connectivity index (χ1n) is 6.25. The number of alkyl halides is 1. The topological polar surface area (TPSA) is 64.0 Å². The quantitative estimate of drug-likeness (QED) is 0.656. The van der Waals surface area contributed by atoms with Crippen LogP contribution in [-0.2, 0) is 17.1 Å². The lowest BCUT2D eigenvalue weighted by Crippen LogP contribution is -2.40. The molecule has 1 fully saturated rings. The highest BCUT2D eigenvalue weighted by Crippen LogP contribution is 2.26. The first-order chi connectivity index (χ1) is 8.92. The summed E-state index contributed by atoms with van der Waals surface area (Å²) in [5.41, 5.74) is 0. The second-order valence-corrected chi connectivity index (χ2v) is 8.02. The number of hydrogen-bond donors (Lipinski definition) is 1. The molecule has 2 atom stereocenters. The first-order valence-corrected chi connectivity index (χ1v) is 9.03. The predicted molar refractivity (Wildman–Crippen MR) is 78.1 cm³/mol. The van der Waals surface area contributed by atoms with Gasteiger partial charge in [0, 0.05) is 17.9 Å². The first kappa shape index (κ1) is 15.3. The molecular weight excluding hydrogens is 354 g/mol. The van der Waals surface area contributed by atoms with Gasteiger partial charge >= 0.3 is 0 Å². The van der Waals surface area contributed by atoms with Gasteiger partial charge in [-0.1, -0.05) is 46.8 Å². The van der Waals surface area contributed by atoms with Crippen LogP contribution < -0.4 is 4.72 Å². The van der Waals surface area contributed by atoms with Crippen LogP contribution in [-0.4, -0.2) is 29.1 Å². The highest BCUT2D eigenvalue weighted by molar-refractivity contribution is 9.09. The van der Waals surface area contributed by atoms with Crippen LogP contribution in [0.3, 0.4) is 0 Å². The monoisotopic (exact) mass is 369 g/mol. The molecule has 0 saturated heterocycles. The Labute approximate surface area is 126 Å². The van der Waals surface area contributed by atoms with E-state index in [-0.39, 0.29) is 20.9 Å². The van der Waals surface area contributed by atoms with Gasteiger partial charge in [-0.3, -0.25) is 4.68 Å². The molecule has 0 radical (unpaired) electrons. The van der Waals surface area contributed by atoms with Crippen LogP contribution in [0.2, 0.25) is 5.02 Å². The molecule has 0 aromatic carbocycles. The molecule has 1 aromatic heterocycles. The van der Waals surface area contributed by atoms with E-state index in [1.165, 1.54) is 10.9 Å². The zero-order valence-corrected chi connectivity index (χ0v) is 13.8. The molecule has 1 aromatic rings. The molecule has 1 N–H and O–H groups in total. The Morgan fingerprint density at radius 2 is 2.11 bits per heavy atom. The molecule has 8 heteroatoms. The average molecular weight is 371 g/mol. The summed E-state index contributed by atoms with van der Waals surface area (Å²) < 4.78 is 28.8. The number of nitrogens with one attached hydrogen (secondary N) is 1. The molecule has 5 nitrogen and oxygen atoms in total. The van der Waals surface area contributed by atoms with E-state index in [9.17, 15) is 8.42 Å². The summed E-state index contributed by atoms with van der Waals surface area (Å²) in [6, 6.07) is -0.0986. The van der Waals surface area contributed by atoms with Gasteiger partial charge in [-0.2, -0.15) is 5.10 Å². The van der Waals surface area contributed by atoms with Crippen molar-refractivity contribution in [1.82, 2.24) is 14.5 Å². The fourth-order valence-corrected chi connectivity index (χ4v) is 5.21. The summed E-state index contributed by atoms with van der Waals surface area (Å²) in [5, 5.41) is 4.04. The number of rotatable bonds is 3. The Morgan fingerprint density at radius 3 is 2.74 bits per heavy atom. The van der Waals surface area contributed by atoms with Crippen LogP contribution in [0.25, 0.3) is 0 Å². The van der Waals surface area contributed by atoms with Crippen molar-refractivity contribution in [2.24, 2.45) is 7.05 Å². The summed E-state index contributed by atoms with van der Waals surface area (Å²) in [6.45, 7) is 0. The normalized spacial score (nSPS) is 25.2. The van der Waals surface area contributed by atoms with Crippen molar-refractivity contribution in [2.75, 3.05) is 0 Å². The summed E-state index contributed by atoms with van der Waals surface area (Å²) in [6.07, 6.45) is 6.47. The van der Waals surface area contributed by atoms with Crippen LogP contribution in [0.4, 0.5) is 0 Å². The molecule has 108 valence electrons. The fourth-order valence-electron chi connectivity index (χ4n) is 2.35. The maximum absolute atomic E-state index is 12.4. The van der Waals surface area contributed by atoms with Gasteiger partial charge < -0.3 is 0 Å². The van der Waals surface area contributed by atoms with Crippen LogP contribution >= 0.6 is 27.5 Å². The van der Waals surface area contributed by atoms with Crippen molar-refractivity contribution < 1.29 is 8.42 Å². The maximum atomic E-state index is 12.4. The Morgan fingerprint density at radius 1 is 1.42 bits per heavy atom. The van der Waals surface area contributed by atoms with Gasteiger partial charge in [-0.05, 0) is 12.8 Å². The highest BCUT2D eigenvalue weighted by Gasteiger charge is 2.30. The van der Waals surface area contributed by atoms with E-state index < -0.39 is 10.0 Å². The molecule has 1 saturated carbocycles. The Bertz CT molecular complexity index is 527. The second-order valence-electron chi connectivity index (χ2n) is 4.80. The number of sulfonamides is 1. The standard InChI is InChI=1S/C11H17BrClN3O2S/c1-16-11(9(13)7-14-16)19(17,18)15-10-6-4-2-3-5-8(10)12/h7-8,10,15H,2-6H2,1H3. The molecule has 0 spiro atoms. The van der Waals surface area contributed by atoms with Crippen molar-refractivity contribution >= 4 is 37.6 Å². The lowest BCUT2D eigenvalue weighted by Gasteiger charge is -2.21. The molecule has 0 bridgehead atoms. The van der Waals surface area contributed by atoms with E-state index in [1.54, 1.807) is 7.05 Å². The smallest absolute Gasteiger partial charge is 0.255 e. The number of aryl methyl sites for hydroxylation is 1. The van der Waals surface area contributed by atoms with E-state index in [1.807, 2.05) is 0 Å². The van der Waals surface area contributed by atoms with E-state index in [4.69, 9.17) is 11.6 Å². The van der Waals surface area contributed by atoms with E-state index >= 15 is 0 Å². The molecule has 2 rings (SSSR count). The zero-order chi connectivity index (χ0) is 14.0. The van der Waals surface area contributed by atoms with Crippen LogP contribution in [0.1, 0.15) is 32.1 Å². The van der Waals surface area contributed by atoms with E-state index in [0.717, 1.165) is 32.1 Å². The Hall–Kier alpha value is -0.110. The third-order valence-electron chi connectivity index (χ3n) is 3.34. The Balaban J connectivity index is 2.21. The van der Waals surface area contributed by atoms with Gasteiger partial charge in [-0.15, -0.1) is 0 Å². The summed E-state index contributed by atoms with van der Waals surface area (Å²) >= 11 is 9.48. The SMILES string of the molecule is Cn1ncc(Cl)c1S(=O)(=O)NC1CCCCCC1Br. The zero-order valence-electron chi connectivity index (χ0n) is 10.6. The molecule has 1 aliphatic carbocycles. The largest absolute Gasteiger partial charge is 0.259 e. The van der Waals surface area contributed by atoms with Gasteiger partial charge in [0.15, 0.2) is 5.03 Å². The third-order valence-corrected chi connectivity index (χ3v) is 6.43. The minimum atomic E-state index is -3.64. The van der Waals surface area contributed by atoms with E-state index in [2.05, 4.69) is 25.8 Å². The Kier molecular flexibility index (Phi) is 4.92. The highest BCUT2D eigenvalue weighted by atomic mass is 79.9. The predicted octanol–water partition coefficient (Wildman–Crippen LogP) is 2.45. The van der Waals surface area contributed by atoms with Crippen molar-refractivity contribution in [2.45, 2.75) is 48.0 Å². The van der Waals surface area contributed by atoms with Crippen molar-refractivity contribution in [1.29, 1.82) is 0 Å². The lowest BCUT2D eigenvalue weighted by molar-refractivity contribution is 0.512.